The van der Waals surface area contributed by atoms with E-state index in [-0.39, 0.29) is 16.5 Å². The second-order valence-electron chi connectivity index (χ2n) is 17.6. The summed E-state index contributed by atoms with van der Waals surface area (Å²) in [5.41, 5.74) is 9.40. The van der Waals surface area contributed by atoms with Crippen LogP contribution in [-0.4, -0.2) is 15.0 Å². The van der Waals surface area contributed by atoms with E-state index in [4.69, 9.17) is 10.2 Å². The molecular formula is C53H67F2N3S2. The van der Waals surface area contributed by atoms with Gasteiger partial charge in [-0.3, -0.25) is 0 Å². The minimum Gasteiger partial charge on any atom is -0.203 e. The van der Waals surface area contributed by atoms with Crippen molar-refractivity contribution in [3.05, 3.63) is 93.9 Å². The van der Waals surface area contributed by atoms with Gasteiger partial charge < -0.3 is 0 Å². The van der Waals surface area contributed by atoms with Crippen LogP contribution in [0.1, 0.15) is 171 Å². The first-order valence-corrected chi connectivity index (χ1v) is 25.1. The van der Waals surface area contributed by atoms with E-state index in [0.29, 0.717) is 27.3 Å². The fourth-order valence-corrected chi connectivity index (χ4v) is 11.7. The molecule has 0 spiro atoms. The Labute approximate surface area is 367 Å². The molecule has 0 atom stereocenters. The Hall–Kier alpha value is -3.68. The summed E-state index contributed by atoms with van der Waals surface area (Å²) in [6, 6.07) is 22.0. The highest BCUT2D eigenvalue weighted by atomic mass is 32.1. The highest BCUT2D eigenvalue weighted by Gasteiger charge is 2.42. The largest absolute Gasteiger partial charge is 0.203 e. The van der Waals surface area contributed by atoms with E-state index in [9.17, 15) is 0 Å². The first kappa shape index (κ1) is 44.4. The number of rotatable bonds is 24. The van der Waals surface area contributed by atoms with Crippen molar-refractivity contribution >= 4 is 33.7 Å². The van der Waals surface area contributed by atoms with E-state index in [0.717, 1.165) is 41.0 Å². The van der Waals surface area contributed by atoms with Crippen molar-refractivity contribution in [1.82, 2.24) is 15.0 Å². The van der Waals surface area contributed by atoms with Gasteiger partial charge >= 0.3 is 0 Å². The van der Waals surface area contributed by atoms with Crippen LogP contribution in [0.25, 0.3) is 53.5 Å². The van der Waals surface area contributed by atoms with Crippen molar-refractivity contribution in [2.24, 2.45) is 0 Å². The summed E-state index contributed by atoms with van der Waals surface area (Å²) in [4.78, 5) is 5.14. The van der Waals surface area contributed by atoms with Crippen LogP contribution < -0.4 is 0 Å². The SMILES string of the molecule is CCCCCCCCCCCCn1nc2c(-c3ccc(C)s3)c(F)c(F)c(-c3ccc(-c4ccc5c(c4)C(CCCCCC)(CCCCCC)c4cc(C)ccc4-5)s3)c2n1. The Morgan fingerprint density at radius 1 is 0.517 bits per heavy atom. The van der Waals surface area contributed by atoms with Crippen LogP contribution in [0.4, 0.5) is 8.78 Å². The van der Waals surface area contributed by atoms with Gasteiger partial charge in [0.25, 0.3) is 0 Å². The Morgan fingerprint density at radius 3 is 1.57 bits per heavy atom. The highest BCUT2D eigenvalue weighted by Crippen LogP contribution is 2.56. The van der Waals surface area contributed by atoms with Crippen molar-refractivity contribution in [3.8, 4) is 42.4 Å². The normalized spacial score (nSPS) is 13.1. The summed E-state index contributed by atoms with van der Waals surface area (Å²) >= 11 is 2.99. The first-order chi connectivity index (χ1) is 29.3. The molecule has 3 aromatic heterocycles. The average Bonchev–Trinajstić information content (AvgIpc) is 4.05. The minimum atomic E-state index is -0.846. The van der Waals surface area contributed by atoms with E-state index in [1.165, 1.54) is 153 Å². The number of benzene rings is 3. The quantitative estimate of drug-likeness (QED) is 0.0568. The lowest BCUT2D eigenvalue weighted by Gasteiger charge is -2.33. The number of halogens is 2. The molecule has 0 bridgehead atoms. The Bertz CT molecular complexity index is 2320. The summed E-state index contributed by atoms with van der Waals surface area (Å²) in [6.07, 6.45) is 24.6. The molecule has 3 aromatic carbocycles. The molecule has 0 unspecified atom stereocenters. The van der Waals surface area contributed by atoms with E-state index >= 15 is 8.78 Å². The maximum Gasteiger partial charge on any atom is 0.170 e. The first-order valence-electron chi connectivity index (χ1n) is 23.5. The number of nitrogens with zero attached hydrogens (tertiary/aromatic N) is 3. The lowest BCUT2D eigenvalue weighted by Crippen LogP contribution is -2.25. The van der Waals surface area contributed by atoms with Gasteiger partial charge in [0.15, 0.2) is 11.6 Å². The lowest BCUT2D eigenvalue weighted by atomic mass is 9.70. The lowest BCUT2D eigenvalue weighted by molar-refractivity contribution is 0.401. The number of unbranched alkanes of at least 4 members (excludes halogenated alkanes) is 15. The van der Waals surface area contributed by atoms with E-state index in [1.54, 1.807) is 4.80 Å². The van der Waals surface area contributed by atoms with Crippen molar-refractivity contribution < 1.29 is 8.78 Å². The van der Waals surface area contributed by atoms with Crippen molar-refractivity contribution in [2.45, 2.75) is 175 Å². The van der Waals surface area contributed by atoms with Crippen LogP contribution in [0, 0.1) is 25.5 Å². The molecule has 7 rings (SSSR count). The smallest absolute Gasteiger partial charge is 0.170 e. The maximum absolute atomic E-state index is 16.7. The number of hydrogen-bond acceptors (Lipinski definition) is 4. The fraction of sp³-hybridized carbons (Fsp3) is 0.509. The molecule has 60 heavy (non-hydrogen) atoms. The summed E-state index contributed by atoms with van der Waals surface area (Å²) in [6.45, 7) is 11.7. The van der Waals surface area contributed by atoms with Gasteiger partial charge in [0.05, 0.1) is 17.7 Å². The van der Waals surface area contributed by atoms with Crippen LogP contribution in [0.5, 0.6) is 0 Å². The molecule has 3 nitrogen and oxygen atoms in total. The molecule has 1 aliphatic rings. The number of thiophene rings is 2. The average molecular weight is 848 g/mol. The van der Waals surface area contributed by atoms with E-state index in [1.807, 2.05) is 25.1 Å². The summed E-state index contributed by atoms with van der Waals surface area (Å²) in [5, 5.41) is 9.82. The minimum absolute atomic E-state index is 0.0294. The molecule has 0 fully saturated rings. The molecule has 7 heteroatoms. The van der Waals surface area contributed by atoms with Crippen molar-refractivity contribution in [2.75, 3.05) is 0 Å². The van der Waals surface area contributed by atoms with Gasteiger partial charge in [-0.05, 0) is 91.3 Å². The van der Waals surface area contributed by atoms with Crippen LogP contribution in [0.3, 0.4) is 0 Å². The molecule has 0 aliphatic heterocycles. The Kier molecular flexibility index (Phi) is 15.5. The molecule has 0 saturated heterocycles. The standard InChI is InChI=1S/C53H67F2N3S2/c1-6-9-12-15-16-17-18-19-20-23-34-58-56-51-47(45-29-25-38(5)59-45)49(54)50(55)48(52(51)57-58)46-31-30-44(60-46)39-26-28-41-40-27-24-37(4)35-42(40)53(43(41)36-39,32-21-13-10-7-2)33-22-14-11-8-3/h24-31,35-36H,6-23,32-34H2,1-5H3. The topological polar surface area (TPSA) is 30.7 Å². The maximum atomic E-state index is 16.7. The van der Waals surface area contributed by atoms with Gasteiger partial charge in [-0.25, -0.2) is 8.78 Å². The zero-order valence-electron chi connectivity index (χ0n) is 37.0. The van der Waals surface area contributed by atoms with Gasteiger partial charge in [0.2, 0.25) is 0 Å². The zero-order chi connectivity index (χ0) is 42.1. The van der Waals surface area contributed by atoms with Crippen molar-refractivity contribution in [1.29, 1.82) is 0 Å². The molecule has 320 valence electrons. The molecule has 0 saturated carbocycles. The Balaban J connectivity index is 1.21. The van der Waals surface area contributed by atoms with Gasteiger partial charge in [-0.2, -0.15) is 15.0 Å². The predicted molar refractivity (Wildman–Crippen MR) is 255 cm³/mol. The van der Waals surface area contributed by atoms with Crippen molar-refractivity contribution in [3.63, 3.8) is 0 Å². The Morgan fingerprint density at radius 2 is 1.00 bits per heavy atom. The highest BCUT2D eigenvalue weighted by molar-refractivity contribution is 7.19. The molecule has 3 heterocycles. The van der Waals surface area contributed by atoms with E-state index in [2.05, 4.69) is 70.2 Å². The second-order valence-corrected chi connectivity index (χ2v) is 20.0. The molecule has 0 amide bonds. The summed E-state index contributed by atoms with van der Waals surface area (Å²) in [5.74, 6) is -1.69. The molecule has 6 aromatic rings. The molecule has 0 radical (unpaired) electrons. The number of fused-ring (bicyclic) bond motifs is 4. The van der Waals surface area contributed by atoms with E-state index < -0.39 is 11.6 Å². The zero-order valence-corrected chi connectivity index (χ0v) is 38.7. The number of aromatic nitrogens is 3. The molecule has 0 N–H and O–H groups in total. The predicted octanol–water partition coefficient (Wildman–Crippen LogP) is 17.6. The third-order valence-corrected chi connectivity index (χ3v) is 15.2. The van der Waals surface area contributed by atoms with Gasteiger partial charge in [-0.15, -0.1) is 22.7 Å². The van der Waals surface area contributed by atoms with Crippen LogP contribution in [0.15, 0.2) is 60.7 Å². The van der Waals surface area contributed by atoms with Crippen LogP contribution in [-0.2, 0) is 12.0 Å². The molecular weight excluding hydrogens is 781 g/mol. The van der Waals surface area contributed by atoms with Crippen LogP contribution in [0.2, 0.25) is 0 Å². The van der Waals surface area contributed by atoms with Gasteiger partial charge in [0, 0.05) is 24.9 Å². The molecule has 1 aliphatic carbocycles. The number of hydrogen-bond donors (Lipinski definition) is 0. The van der Waals surface area contributed by atoms with Gasteiger partial charge in [0.1, 0.15) is 11.0 Å². The summed E-state index contributed by atoms with van der Waals surface area (Å²) < 4.78 is 33.2. The summed E-state index contributed by atoms with van der Waals surface area (Å²) in [7, 11) is 0. The van der Waals surface area contributed by atoms with Gasteiger partial charge in [-0.1, -0.05) is 166 Å². The third kappa shape index (κ3) is 9.68. The fourth-order valence-electron chi connectivity index (χ4n) is 9.73. The van der Waals surface area contributed by atoms with Crippen LogP contribution >= 0.6 is 22.7 Å². The second kappa shape index (κ2) is 20.9. The monoisotopic (exact) mass is 847 g/mol. The number of aryl methyl sites for hydroxylation is 3. The third-order valence-electron chi connectivity index (χ3n) is 13.0.